The molecule has 0 spiro atoms. The van der Waals surface area contributed by atoms with Gasteiger partial charge in [-0.3, -0.25) is 4.79 Å². The number of carbonyl (C=O) groups excluding carboxylic acids is 1. The topological polar surface area (TPSA) is 77.7 Å². The second-order valence-electron chi connectivity index (χ2n) is 4.65. The minimum absolute atomic E-state index is 0.0242. The maximum Gasteiger partial charge on any atom is 0.248 e. The Kier molecular flexibility index (Phi) is 5.48. The van der Waals surface area contributed by atoms with Crippen molar-refractivity contribution in [3.63, 3.8) is 0 Å². The van der Waals surface area contributed by atoms with Crippen molar-refractivity contribution < 1.29 is 18.8 Å². The lowest BCUT2D eigenvalue weighted by atomic mass is 10.2. The lowest BCUT2D eigenvalue weighted by Gasteiger charge is -2.13. The average molecular weight is 305 g/mol. The van der Waals surface area contributed by atoms with Crippen LogP contribution in [0.4, 0.5) is 0 Å². The van der Waals surface area contributed by atoms with Crippen LogP contribution in [0.15, 0.2) is 28.8 Å². The van der Waals surface area contributed by atoms with E-state index in [1.165, 1.54) is 12.0 Å². The number of likely N-dealkylation sites (N-methyl/N-ethyl adjacent to an activating group) is 1. The van der Waals surface area contributed by atoms with Crippen molar-refractivity contribution in [1.82, 2.24) is 15.0 Å². The van der Waals surface area contributed by atoms with Gasteiger partial charge in [0, 0.05) is 19.7 Å². The van der Waals surface area contributed by atoms with Crippen LogP contribution in [0.25, 0.3) is 11.4 Å². The van der Waals surface area contributed by atoms with E-state index in [0.29, 0.717) is 18.3 Å². The summed E-state index contributed by atoms with van der Waals surface area (Å²) in [5, 5.41) is 3.92. The molecule has 7 nitrogen and oxygen atoms in total. The van der Waals surface area contributed by atoms with Crippen molar-refractivity contribution in [1.29, 1.82) is 0 Å². The largest absolute Gasteiger partial charge is 0.494 e. The van der Waals surface area contributed by atoms with Gasteiger partial charge in [0.15, 0.2) is 0 Å². The van der Waals surface area contributed by atoms with Gasteiger partial charge in [-0.2, -0.15) is 4.98 Å². The van der Waals surface area contributed by atoms with Crippen LogP contribution >= 0.6 is 0 Å². The molecule has 118 valence electrons. The fraction of sp³-hybridized carbons (Fsp3) is 0.400. The molecule has 0 aliphatic carbocycles. The summed E-state index contributed by atoms with van der Waals surface area (Å²) in [6.07, 6.45) is 0. The lowest BCUT2D eigenvalue weighted by molar-refractivity contribution is -0.134. The third-order valence-corrected chi connectivity index (χ3v) is 2.96. The zero-order valence-electron chi connectivity index (χ0n) is 12.9. The standard InChI is InChI=1S/C15H19N3O4/c1-4-21-12-7-5-11(6-8-12)15-16-13(22-17-15)9-18(2)14(19)10-20-3/h5-8H,4,9-10H2,1-3H3. The van der Waals surface area contributed by atoms with E-state index >= 15 is 0 Å². The van der Waals surface area contributed by atoms with Gasteiger partial charge in [-0.15, -0.1) is 0 Å². The molecule has 0 bridgehead atoms. The fourth-order valence-corrected chi connectivity index (χ4v) is 1.83. The predicted molar refractivity (Wildman–Crippen MR) is 79.3 cm³/mol. The van der Waals surface area contributed by atoms with Gasteiger partial charge in [0.1, 0.15) is 12.4 Å². The van der Waals surface area contributed by atoms with E-state index in [4.69, 9.17) is 14.0 Å². The van der Waals surface area contributed by atoms with Gasteiger partial charge in [0.05, 0.1) is 13.2 Å². The van der Waals surface area contributed by atoms with Crippen LogP contribution in [-0.2, 0) is 16.1 Å². The summed E-state index contributed by atoms with van der Waals surface area (Å²) < 4.78 is 15.4. The van der Waals surface area contributed by atoms with Gasteiger partial charge in [0.2, 0.25) is 17.6 Å². The molecule has 2 aromatic rings. The maximum atomic E-state index is 11.6. The molecular weight excluding hydrogens is 286 g/mol. The summed E-state index contributed by atoms with van der Waals surface area (Å²) in [5.74, 6) is 1.49. The number of ether oxygens (including phenoxy) is 2. The monoisotopic (exact) mass is 305 g/mol. The number of carbonyl (C=O) groups is 1. The molecule has 0 saturated heterocycles. The first kappa shape index (κ1) is 16.0. The summed E-state index contributed by atoms with van der Waals surface area (Å²) >= 11 is 0. The summed E-state index contributed by atoms with van der Waals surface area (Å²) in [4.78, 5) is 17.4. The summed E-state index contributed by atoms with van der Waals surface area (Å²) in [6.45, 7) is 2.82. The molecule has 1 aromatic heterocycles. The van der Waals surface area contributed by atoms with E-state index in [9.17, 15) is 4.79 Å². The zero-order valence-corrected chi connectivity index (χ0v) is 12.9. The molecule has 2 rings (SSSR count). The number of hydrogen-bond acceptors (Lipinski definition) is 6. The van der Waals surface area contributed by atoms with Crippen LogP contribution in [0.5, 0.6) is 5.75 Å². The Bertz CT molecular complexity index is 610. The molecule has 0 N–H and O–H groups in total. The van der Waals surface area contributed by atoms with Gasteiger partial charge in [-0.1, -0.05) is 5.16 Å². The highest BCUT2D eigenvalue weighted by Gasteiger charge is 2.14. The predicted octanol–water partition coefficient (Wildman–Crippen LogP) is 1.74. The third-order valence-electron chi connectivity index (χ3n) is 2.96. The SMILES string of the molecule is CCOc1ccc(-c2noc(CN(C)C(=O)COC)n2)cc1. The van der Waals surface area contributed by atoms with Crippen LogP contribution in [0.1, 0.15) is 12.8 Å². The molecule has 0 unspecified atom stereocenters. The van der Waals surface area contributed by atoms with E-state index in [1.54, 1.807) is 7.05 Å². The van der Waals surface area contributed by atoms with E-state index in [-0.39, 0.29) is 19.1 Å². The number of hydrogen-bond donors (Lipinski definition) is 0. The van der Waals surface area contributed by atoms with E-state index < -0.39 is 0 Å². The molecule has 7 heteroatoms. The van der Waals surface area contributed by atoms with E-state index in [0.717, 1.165) is 11.3 Å². The van der Waals surface area contributed by atoms with Crippen LogP contribution in [0.3, 0.4) is 0 Å². The van der Waals surface area contributed by atoms with Crippen molar-refractivity contribution in [2.45, 2.75) is 13.5 Å². The van der Waals surface area contributed by atoms with Crippen LogP contribution < -0.4 is 4.74 Å². The molecular formula is C15H19N3O4. The second kappa shape index (κ2) is 7.56. The van der Waals surface area contributed by atoms with Gasteiger partial charge in [0.25, 0.3) is 0 Å². The average Bonchev–Trinajstić information content (AvgIpc) is 2.97. The van der Waals surface area contributed by atoms with Crippen molar-refractivity contribution in [3.05, 3.63) is 30.2 Å². The van der Waals surface area contributed by atoms with Crippen molar-refractivity contribution >= 4 is 5.91 Å². The highest BCUT2D eigenvalue weighted by atomic mass is 16.5. The Labute approximate surface area is 128 Å². The number of amides is 1. The Morgan fingerprint density at radius 1 is 1.32 bits per heavy atom. The quantitative estimate of drug-likeness (QED) is 0.775. The number of benzene rings is 1. The van der Waals surface area contributed by atoms with Crippen molar-refractivity contribution in [2.24, 2.45) is 0 Å². The van der Waals surface area contributed by atoms with Crippen molar-refractivity contribution in [3.8, 4) is 17.1 Å². The lowest BCUT2D eigenvalue weighted by Crippen LogP contribution is -2.29. The minimum Gasteiger partial charge on any atom is -0.494 e. The summed E-state index contributed by atoms with van der Waals surface area (Å²) in [5.41, 5.74) is 0.823. The van der Waals surface area contributed by atoms with Gasteiger partial charge < -0.3 is 18.9 Å². The first-order valence-electron chi connectivity index (χ1n) is 6.92. The van der Waals surface area contributed by atoms with Gasteiger partial charge in [-0.25, -0.2) is 0 Å². The van der Waals surface area contributed by atoms with Crippen LogP contribution in [-0.4, -0.2) is 48.3 Å². The molecule has 0 saturated carbocycles. The Balaban J connectivity index is 2.03. The Morgan fingerprint density at radius 2 is 2.05 bits per heavy atom. The molecule has 0 aliphatic rings. The fourth-order valence-electron chi connectivity index (χ4n) is 1.83. The summed E-state index contributed by atoms with van der Waals surface area (Å²) in [6, 6.07) is 7.42. The highest BCUT2D eigenvalue weighted by molar-refractivity contribution is 5.77. The zero-order chi connectivity index (χ0) is 15.9. The smallest absolute Gasteiger partial charge is 0.248 e. The maximum absolute atomic E-state index is 11.6. The first-order valence-corrected chi connectivity index (χ1v) is 6.92. The van der Waals surface area contributed by atoms with Crippen molar-refractivity contribution in [2.75, 3.05) is 27.4 Å². The number of methoxy groups -OCH3 is 1. The third kappa shape index (κ3) is 4.05. The molecule has 0 radical (unpaired) electrons. The first-order chi connectivity index (χ1) is 10.6. The minimum atomic E-state index is -0.150. The van der Waals surface area contributed by atoms with Crippen LogP contribution in [0, 0.1) is 0 Å². The Morgan fingerprint density at radius 3 is 2.68 bits per heavy atom. The number of rotatable bonds is 7. The molecule has 1 aromatic carbocycles. The van der Waals surface area contributed by atoms with Gasteiger partial charge >= 0.3 is 0 Å². The second-order valence-corrected chi connectivity index (χ2v) is 4.65. The van der Waals surface area contributed by atoms with E-state index in [2.05, 4.69) is 10.1 Å². The molecule has 1 heterocycles. The number of nitrogens with zero attached hydrogens (tertiary/aromatic N) is 3. The Hall–Kier alpha value is -2.41. The molecule has 0 atom stereocenters. The highest BCUT2D eigenvalue weighted by Crippen LogP contribution is 2.20. The molecule has 0 fully saturated rings. The van der Waals surface area contributed by atoms with Crippen LogP contribution in [0.2, 0.25) is 0 Å². The van der Waals surface area contributed by atoms with Gasteiger partial charge in [-0.05, 0) is 31.2 Å². The number of aromatic nitrogens is 2. The molecule has 0 aliphatic heterocycles. The normalized spacial score (nSPS) is 10.5. The molecule has 1 amide bonds. The summed E-state index contributed by atoms with van der Waals surface area (Å²) in [7, 11) is 3.13. The molecule has 22 heavy (non-hydrogen) atoms. The van der Waals surface area contributed by atoms with E-state index in [1.807, 2.05) is 31.2 Å².